The van der Waals surface area contributed by atoms with Crippen LogP contribution in [0.15, 0.2) is 53.7 Å². The van der Waals surface area contributed by atoms with Crippen molar-refractivity contribution in [2.45, 2.75) is 0 Å². The molecule has 0 atom stereocenters. The van der Waals surface area contributed by atoms with Crippen LogP contribution in [-0.4, -0.2) is 16.9 Å². The average molecular weight is 343 g/mol. The predicted molar refractivity (Wildman–Crippen MR) is 92.3 cm³/mol. The lowest BCUT2D eigenvalue weighted by atomic mass is 9.99. The van der Waals surface area contributed by atoms with Crippen LogP contribution in [0.1, 0.15) is 10.4 Å². The predicted octanol–water partition coefficient (Wildman–Crippen LogP) is 3.11. The van der Waals surface area contributed by atoms with Gasteiger partial charge in [-0.05, 0) is 48.0 Å². The van der Waals surface area contributed by atoms with Crippen molar-refractivity contribution in [1.82, 2.24) is 4.98 Å². The van der Waals surface area contributed by atoms with Gasteiger partial charge in [-0.1, -0.05) is 11.6 Å². The summed E-state index contributed by atoms with van der Waals surface area (Å²) in [4.78, 5) is 19.8. The Bertz CT molecular complexity index is 983. The minimum atomic E-state index is -0.572. The molecule has 2 aromatic carbocycles. The first-order chi connectivity index (χ1) is 11.5. The molecular weight excluding hydrogens is 331 g/mol. The minimum Gasteiger partial charge on any atom is -0.370 e. The van der Waals surface area contributed by atoms with E-state index in [0.29, 0.717) is 27.1 Å². The molecule has 0 spiro atoms. The van der Waals surface area contributed by atoms with Crippen molar-refractivity contribution in [3.63, 3.8) is 0 Å². The Morgan fingerprint density at radius 1 is 1.08 bits per heavy atom. The fourth-order valence-electron chi connectivity index (χ4n) is 2.40. The normalized spacial score (nSPS) is 10.6. The van der Waals surface area contributed by atoms with Crippen LogP contribution < -0.4 is 11.5 Å². The zero-order chi connectivity index (χ0) is 17.3. The van der Waals surface area contributed by atoms with Gasteiger partial charge >= 0.3 is 0 Å². The van der Waals surface area contributed by atoms with Gasteiger partial charge in [-0.2, -0.15) is 4.99 Å². The number of rotatable bonds is 2. The van der Waals surface area contributed by atoms with Crippen LogP contribution in [0.3, 0.4) is 0 Å². The fourth-order valence-corrected chi connectivity index (χ4v) is 2.62. The topological polar surface area (TPSA) is 94.4 Å². The first kappa shape index (κ1) is 15.9. The van der Waals surface area contributed by atoms with Crippen molar-refractivity contribution >= 4 is 34.4 Å². The molecule has 1 heterocycles. The number of hydrogen-bond acceptors (Lipinski definition) is 2. The zero-order valence-corrected chi connectivity index (χ0v) is 13.1. The van der Waals surface area contributed by atoms with Crippen LogP contribution in [0.5, 0.6) is 0 Å². The second-order valence-corrected chi connectivity index (χ2v) is 5.46. The molecule has 0 fully saturated rings. The van der Waals surface area contributed by atoms with E-state index < -0.39 is 11.7 Å². The average Bonchev–Trinajstić information content (AvgIpc) is 2.55. The van der Waals surface area contributed by atoms with Gasteiger partial charge in [0.2, 0.25) is 0 Å². The van der Waals surface area contributed by atoms with Gasteiger partial charge < -0.3 is 11.5 Å². The van der Waals surface area contributed by atoms with E-state index >= 15 is 0 Å². The number of benzene rings is 2. The zero-order valence-electron chi connectivity index (χ0n) is 12.3. The lowest BCUT2D eigenvalue weighted by Crippen LogP contribution is -2.24. The van der Waals surface area contributed by atoms with Crippen LogP contribution in [0.4, 0.5) is 4.39 Å². The molecule has 0 saturated heterocycles. The largest absolute Gasteiger partial charge is 0.370 e. The highest BCUT2D eigenvalue weighted by Gasteiger charge is 2.12. The van der Waals surface area contributed by atoms with Gasteiger partial charge in [-0.25, -0.2) is 4.39 Å². The summed E-state index contributed by atoms with van der Waals surface area (Å²) in [5.41, 5.74) is 12.6. The Morgan fingerprint density at radius 3 is 2.62 bits per heavy atom. The Balaban J connectivity index is 2.24. The third-order valence-corrected chi connectivity index (χ3v) is 3.77. The summed E-state index contributed by atoms with van der Waals surface area (Å²) in [7, 11) is 0. The number of fused-ring (bicyclic) bond motifs is 1. The van der Waals surface area contributed by atoms with E-state index in [4.69, 9.17) is 23.1 Å². The number of halogens is 2. The molecule has 0 aliphatic rings. The molecule has 3 rings (SSSR count). The Labute approximate surface area is 141 Å². The van der Waals surface area contributed by atoms with Gasteiger partial charge in [0.25, 0.3) is 5.91 Å². The van der Waals surface area contributed by atoms with E-state index in [1.165, 1.54) is 18.2 Å². The summed E-state index contributed by atoms with van der Waals surface area (Å²) >= 11 is 6.19. The van der Waals surface area contributed by atoms with E-state index in [1.807, 2.05) is 0 Å². The van der Waals surface area contributed by atoms with Crippen molar-refractivity contribution in [2.24, 2.45) is 16.5 Å². The van der Waals surface area contributed by atoms with E-state index in [2.05, 4.69) is 9.98 Å². The lowest BCUT2D eigenvalue weighted by Gasteiger charge is -2.09. The molecule has 0 unspecified atom stereocenters. The number of hydrogen-bond donors (Lipinski definition) is 2. The molecule has 1 aromatic heterocycles. The van der Waals surface area contributed by atoms with Crippen LogP contribution in [0, 0.1) is 5.82 Å². The maximum Gasteiger partial charge on any atom is 0.280 e. The van der Waals surface area contributed by atoms with Crippen LogP contribution in [-0.2, 0) is 0 Å². The van der Waals surface area contributed by atoms with Gasteiger partial charge in [-0.15, -0.1) is 0 Å². The molecular formula is C17H12ClFN4O. The summed E-state index contributed by atoms with van der Waals surface area (Å²) in [6.45, 7) is 0. The number of aromatic nitrogens is 1. The molecule has 0 saturated carbocycles. The Kier molecular flexibility index (Phi) is 4.14. The van der Waals surface area contributed by atoms with E-state index in [0.717, 1.165) is 0 Å². The highest BCUT2D eigenvalue weighted by molar-refractivity contribution is 6.33. The van der Waals surface area contributed by atoms with Gasteiger partial charge in [-0.3, -0.25) is 9.78 Å². The van der Waals surface area contributed by atoms with E-state index in [1.54, 1.807) is 30.5 Å². The Morgan fingerprint density at radius 2 is 1.88 bits per heavy atom. The van der Waals surface area contributed by atoms with Crippen LogP contribution in [0.2, 0.25) is 5.02 Å². The second kappa shape index (κ2) is 6.25. The summed E-state index contributed by atoms with van der Waals surface area (Å²) in [5.74, 6) is -1.30. The minimum absolute atomic E-state index is 0.290. The first-order valence-corrected chi connectivity index (χ1v) is 7.31. The number of amides is 1. The van der Waals surface area contributed by atoms with Crippen LogP contribution in [0.25, 0.3) is 22.0 Å². The van der Waals surface area contributed by atoms with Crippen molar-refractivity contribution in [2.75, 3.05) is 0 Å². The SMILES string of the molecule is NC(N)=NC(=O)c1ccc2nccc(-c3cc(F)ccc3Cl)c2c1. The smallest absolute Gasteiger partial charge is 0.280 e. The van der Waals surface area contributed by atoms with Crippen molar-refractivity contribution in [3.05, 3.63) is 65.1 Å². The monoisotopic (exact) mass is 342 g/mol. The third-order valence-electron chi connectivity index (χ3n) is 3.44. The van der Waals surface area contributed by atoms with Gasteiger partial charge in [0.15, 0.2) is 5.96 Å². The molecule has 0 aliphatic carbocycles. The molecule has 4 N–H and O–H groups in total. The first-order valence-electron chi connectivity index (χ1n) is 6.94. The highest BCUT2D eigenvalue weighted by Crippen LogP contribution is 2.33. The number of pyridine rings is 1. The highest BCUT2D eigenvalue weighted by atomic mass is 35.5. The molecule has 0 radical (unpaired) electrons. The number of carbonyl (C=O) groups is 1. The fraction of sp³-hybridized carbons (Fsp3) is 0. The van der Waals surface area contributed by atoms with Crippen molar-refractivity contribution < 1.29 is 9.18 Å². The number of carbonyl (C=O) groups excluding carboxylic acids is 1. The van der Waals surface area contributed by atoms with E-state index in [-0.39, 0.29) is 11.5 Å². The summed E-state index contributed by atoms with van der Waals surface area (Å²) in [6, 6.07) is 10.6. The second-order valence-electron chi connectivity index (χ2n) is 5.06. The Hall–Kier alpha value is -2.99. The summed E-state index contributed by atoms with van der Waals surface area (Å²) in [6.07, 6.45) is 1.59. The number of guanidine groups is 1. The van der Waals surface area contributed by atoms with Gasteiger partial charge in [0.05, 0.1) is 5.52 Å². The van der Waals surface area contributed by atoms with Crippen LogP contribution >= 0.6 is 11.6 Å². The maximum absolute atomic E-state index is 13.6. The molecule has 3 aromatic rings. The third kappa shape index (κ3) is 3.04. The van der Waals surface area contributed by atoms with Crippen molar-refractivity contribution in [3.8, 4) is 11.1 Å². The number of nitrogens with two attached hydrogens (primary N) is 2. The van der Waals surface area contributed by atoms with Crippen molar-refractivity contribution in [1.29, 1.82) is 0 Å². The quantitative estimate of drug-likeness (QED) is 0.552. The van der Waals surface area contributed by atoms with Gasteiger partial charge in [0, 0.05) is 27.7 Å². The molecule has 5 nitrogen and oxygen atoms in total. The molecule has 0 aliphatic heterocycles. The molecule has 7 heteroatoms. The van der Waals surface area contributed by atoms with E-state index in [9.17, 15) is 9.18 Å². The summed E-state index contributed by atoms with van der Waals surface area (Å²) in [5, 5.41) is 1.03. The standard InChI is InChI=1S/C17H12ClFN4O/c18-14-3-2-10(19)8-12(14)11-5-6-22-15-4-1-9(7-13(11)15)16(24)23-17(20)21/h1-8H,(H4,20,21,23,24). The lowest BCUT2D eigenvalue weighted by molar-refractivity contribution is 0.100. The van der Waals surface area contributed by atoms with Gasteiger partial charge in [0.1, 0.15) is 5.82 Å². The maximum atomic E-state index is 13.6. The number of nitrogens with zero attached hydrogens (tertiary/aromatic N) is 2. The molecule has 120 valence electrons. The number of aliphatic imine (C=N–C) groups is 1. The summed E-state index contributed by atoms with van der Waals surface area (Å²) < 4.78 is 13.6. The molecule has 24 heavy (non-hydrogen) atoms. The molecule has 1 amide bonds. The molecule has 0 bridgehead atoms.